The minimum atomic E-state index is -0.428. The quantitative estimate of drug-likeness (QED) is 0.184. The molecule has 6 aromatic carbocycles. The number of anilines is 6. The van der Waals surface area contributed by atoms with Gasteiger partial charge >= 0.3 is 0 Å². The van der Waals surface area contributed by atoms with Crippen LogP contribution in [0.2, 0.25) is 0 Å². The summed E-state index contributed by atoms with van der Waals surface area (Å²) in [5.74, 6) is 0. The molecular formula is C43H33N3. The van der Waals surface area contributed by atoms with Gasteiger partial charge in [0.05, 0.1) is 0 Å². The van der Waals surface area contributed by atoms with Crippen molar-refractivity contribution in [2.45, 2.75) is 12.3 Å². The molecule has 0 spiro atoms. The van der Waals surface area contributed by atoms with Crippen molar-refractivity contribution in [3.05, 3.63) is 199 Å². The van der Waals surface area contributed by atoms with Crippen molar-refractivity contribution < 1.29 is 0 Å². The number of nitrogens with zero attached hydrogens (tertiary/aromatic N) is 3. The highest BCUT2D eigenvalue weighted by atomic mass is 15.1. The number of aromatic nitrogens is 1. The van der Waals surface area contributed by atoms with Gasteiger partial charge in [0.15, 0.2) is 0 Å². The molecule has 7 aromatic rings. The predicted octanol–water partition coefficient (Wildman–Crippen LogP) is 11.4. The molecule has 1 heterocycles. The first-order valence-electron chi connectivity index (χ1n) is 15.7. The maximum atomic E-state index is 4.60. The van der Waals surface area contributed by atoms with E-state index in [1.54, 1.807) is 0 Å². The monoisotopic (exact) mass is 591 g/mol. The van der Waals surface area contributed by atoms with E-state index < -0.39 is 5.41 Å². The molecule has 0 radical (unpaired) electrons. The van der Waals surface area contributed by atoms with Gasteiger partial charge in [-0.05, 0) is 114 Å². The van der Waals surface area contributed by atoms with Crippen molar-refractivity contribution in [3.63, 3.8) is 0 Å². The lowest BCUT2D eigenvalue weighted by Crippen LogP contribution is -2.23. The second kappa shape index (κ2) is 11.5. The fourth-order valence-electron chi connectivity index (χ4n) is 6.96. The molecule has 0 fully saturated rings. The first-order valence-corrected chi connectivity index (χ1v) is 15.7. The van der Waals surface area contributed by atoms with Gasteiger partial charge in [0.1, 0.15) is 0 Å². The van der Waals surface area contributed by atoms with Gasteiger partial charge in [-0.3, -0.25) is 4.98 Å². The molecule has 3 nitrogen and oxygen atoms in total. The van der Waals surface area contributed by atoms with Gasteiger partial charge in [-0.25, -0.2) is 0 Å². The Bertz CT molecular complexity index is 1880. The second-order valence-electron chi connectivity index (χ2n) is 11.8. The van der Waals surface area contributed by atoms with Gasteiger partial charge < -0.3 is 9.80 Å². The predicted molar refractivity (Wildman–Crippen MR) is 191 cm³/mol. The van der Waals surface area contributed by atoms with Crippen molar-refractivity contribution in [1.82, 2.24) is 4.98 Å². The van der Waals surface area contributed by atoms with Crippen LogP contribution in [0.5, 0.6) is 0 Å². The molecule has 0 bridgehead atoms. The molecule has 46 heavy (non-hydrogen) atoms. The van der Waals surface area contributed by atoms with E-state index in [-0.39, 0.29) is 0 Å². The number of hydrogen-bond acceptors (Lipinski definition) is 3. The highest BCUT2D eigenvalue weighted by molar-refractivity contribution is 5.89. The third-order valence-electron chi connectivity index (χ3n) is 9.19. The summed E-state index contributed by atoms with van der Waals surface area (Å²) in [6, 6.07) is 60.6. The SMILES string of the molecule is CC1(c2cccnc2)c2cc(N(c3ccccc3)c3ccccc3)ccc2-c2ccc(N(c3ccccc3)c3ccccc3)cc21. The molecular weight excluding hydrogens is 558 g/mol. The molecule has 0 aliphatic heterocycles. The summed E-state index contributed by atoms with van der Waals surface area (Å²) in [6.07, 6.45) is 3.88. The summed E-state index contributed by atoms with van der Waals surface area (Å²) in [5.41, 5.74) is 12.5. The average molecular weight is 592 g/mol. The van der Waals surface area contributed by atoms with E-state index in [4.69, 9.17) is 0 Å². The van der Waals surface area contributed by atoms with E-state index in [1.807, 2.05) is 18.5 Å². The van der Waals surface area contributed by atoms with Gasteiger partial charge in [-0.2, -0.15) is 0 Å². The zero-order valence-corrected chi connectivity index (χ0v) is 25.7. The second-order valence-corrected chi connectivity index (χ2v) is 11.8. The normalized spacial score (nSPS) is 12.6. The minimum Gasteiger partial charge on any atom is -0.310 e. The highest BCUT2D eigenvalue weighted by Gasteiger charge is 2.42. The Labute approximate surface area is 270 Å². The van der Waals surface area contributed by atoms with Crippen LogP contribution < -0.4 is 9.80 Å². The van der Waals surface area contributed by atoms with E-state index in [0.717, 1.165) is 34.1 Å². The van der Waals surface area contributed by atoms with Gasteiger partial charge in [-0.15, -0.1) is 0 Å². The molecule has 0 amide bonds. The van der Waals surface area contributed by atoms with Crippen LogP contribution in [-0.2, 0) is 5.41 Å². The van der Waals surface area contributed by atoms with E-state index in [2.05, 4.69) is 185 Å². The van der Waals surface area contributed by atoms with Gasteiger partial charge in [0.2, 0.25) is 0 Å². The molecule has 0 atom stereocenters. The lowest BCUT2D eigenvalue weighted by Gasteiger charge is -2.31. The van der Waals surface area contributed by atoms with Crippen LogP contribution in [-0.4, -0.2) is 4.98 Å². The van der Waals surface area contributed by atoms with Crippen LogP contribution in [0.15, 0.2) is 182 Å². The molecule has 8 rings (SSSR count). The summed E-state index contributed by atoms with van der Waals surface area (Å²) in [4.78, 5) is 9.28. The Balaban J connectivity index is 1.33. The smallest absolute Gasteiger partial charge is 0.0465 e. The first-order chi connectivity index (χ1) is 22.7. The summed E-state index contributed by atoms with van der Waals surface area (Å²) in [7, 11) is 0. The highest BCUT2D eigenvalue weighted by Crippen LogP contribution is 2.55. The van der Waals surface area contributed by atoms with Crippen molar-refractivity contribution in [2.75, 3.05) is 9.80 Å². The van der Waals surface area contributed by atoms with Crippen molar-refractivity contribution >= 4 is 34.1 Å². The van der Waals surface area contributed by atoms with Crippen LogP contribution in [0.1, 0.15) is 23.6 Å². The van der Waals surface area contributed by atoms with Gasteiger partial charge in [-0.1, -0.05) is 91.0 Å². The van der Waals surface area contributed by atoms with Gasteiger partial charge in [0.25, 0.3) is 0 Å². The Morgan fingerprint density at radius 1 is 0.413 bits per heavy atom. The molecule has 3 heteroatoms. The summed E-state index contributed by atoms with van der Waals surface area (Å²) < 4.78 is 0. The molecule has 0 N–H and O–H groups in total. The Kier molecular flexibility index (Phi) is 6.92. The van der Waals surface area contributed by atoms with Crippen LogP contribution in [0.4, 0.5) is 34.1 Å². The summed E-state index contributed by atoms with van der Waals surface area (Å²) in [6.45, 7) is 2.35. The van der Waals surface area contributed by atoms with Crippen molar-refractivity contribution in [3.8, 4) is 11.1 Å². The Morgan fingerprint density at radius 3 is 1.15 bits per heavy atom. The largest absolute Gasteiger partial charge is 0.310 e. The zero-order valence-electron chi connectivity index (χ0n) is 25.7. The fourth-order valence-corrected chi connectivity index (χ4v) is 6.96. The molecule has 1 aliphatic rings. The average Bonchev–Trinajstić information content (AvgIpc) is 3.38. The Hall–Kier alpha value is -5.93. The van der Waals surface area contributed by atoms with Crippen molar-refractivity contribution in [1.29, 1.82) is 0 Å². The number of pyridine rings is 1. The van der Waals surface area contributed by atoms with Crippen LogP contribution >= 0.6 is 0 Å². The molecule has 0 saturated heterocycles. The maximum Gasteiger partial charge on any atom is 0.0465 e. The maximum absolute atomic E-state index is 4.60. The number of hydrogen-bond donors (Lipinski definition) is 0. The summed E-state index contributed by atoms with van der Waals surface area (Å²) in [5, 5.41) is 0. The molecule has 0 saturated carbocycles. The number of para-hydroxylation sites is 4. The number of fused-ring (bicyclic) bond motifs is 3. The molecule has 1 aliphatic carbocycles. The molecule has 0 unspecified atom stereocenters. The fraction of sp³-hybridized carbons (Fsp3) is 0.0465. The molecule has 220 valence electrons. The van der Waals surface area contributed by atoms with Crippen LogP contribution in [0, 0.1) is 0 Å². The van der Waals surface area contributed by atoms with E-state index in [9.17, 15) is 0 Å². The Morgan fingerprint density at radius 2 is 0.804 bits per heavy atom. The van der Waals surface area contributed by atoms with Crippen LogP contribution in [0.3, 0.4) is 0 Å². The number of rotatable bonds is 7. The molecule has 1 aromatic heterocycles. The van der Waals surface area contributed by atoms with Crippen molar-refractivity contribution in [2.24, 2.45) is 0 Å². The topological polar surface area (TPSA) is 19.4 Å². The minimum absolute atomic E-state index is 0.428. The zero-order chi connectivity index (χ0) is 30.9. The van der Waals surface area contributed by atoms with E-state index >= 15 is 0 Å². The third-order valence-corrected chi connectivity index (χ3v) is 9.19. The van der Waals surface area contributed by atoms with Crippen LogP contribution in [0.25, 0.3) is 11.1 Å². The number of benzene rings is 6. The van der Waals surface area contributed by atoms with E-state index in [1.165, 1.54) is 27.8 Å². The first kappa shape index (κ1) is 27.6. The third kappa shape index (κ3) is 4.65. The summed E-state index contributed by atoms with van der Waals surface area (Å²) >= 11 is 0. The van der Waals surface area contributed by atoms with E-state index in [0.29, 0.717) is 0 Å². The van der Waals surface area contributed by atoms with Gasteiger partial charge in [0, 0.05) is 51.9 Å². The lowest BCUT2D eigenvalue weighted by molar-refractivity contribution is 0.709. The lowest BCUT2D eigenvalue weighted by atomic mass is 9.74. The standard InChI is InChI=1S/C43H33N3/c1-43(32-15-14-28-44-31-32)41-29-37(45(33-16-6-2-7-17-33)34-18-8-3-9-19-34)24-26-39(41)40-27-25-38(30-42(40)43)46(35-20-10-4-11-21-35)36-22-12-5-13-23-36/h2-31H,1H3.